The lowest BCUT2D eigenvalue weighted by Gasteiger charge is -2.52. The molecule has 1 saturated carbocycles. The number of nitrogens with zero attached hydrogens (tertiary/aromatic N) is 1. The zero-order chi connectivity index (χ0) is 8.60. The summed E-state index contributed by atoms with van der Waals surface area (Å²) in [5.41, 5.74) is 6.61. The number of rotatable bonds is 1. The fourth-order valence-corrected chi connectivity index (χ4v) is 3.00. The average molecular weight is 186 g/mol. The van der Waals surface area contributed by atoms with Crippen LogP contribution in [0.4, 0.5) is 0 Å². The summed E-state index contributed by atoms with van der Waals surface area (Å²) in [5, 5.41) is 0. The van der Waals surface area contributed by atoms with Gasteiger partial charge < -0.3 is 5.73 Å². The molecule has 0 aromatic carbocycles. The van der Waals surface area contributed by atoms with Gasteiger partial charge in [0.15, 0.2) is 0 Å². The molecule has 70 valence electrons. The standard InChI is InChI=1S/C9H18N2S/c1-12-11-6-4-9(5-7-11)3-2-8(9)10/h8H,2-7,10H2,1H3/t8-/m1/s1. The lowest BCUT2D eigenvalue weighted by molar-refractivity contribution is 0.0350. The molecule has 2 fully saturated rings. The van der Waals surface area contributed by atoms with E-state index in [4.69, 9.17) is 5.73 Å². The Hall–Kier alpha value is 0.270. The molecule has 2 rings (SSSR count). The van der Waals surface area contributed by atoms with E-state index in [-0.39, 0.29) is 0 Å². The second-order valence-electron chi connectivity index (χ2n) is 4.12. The molecule has 0 radical (unpaired) electrons. The Kier molecular flexibility index (Phi) is 2.36. The molecule has 2 nitrogen and oxygen atoms in total. The third-order valence-electron chi connectivity index (χ3n) is 3.72. The fraction of sp³-hybridized carbons (Fsp3) is 1.00. The van der Waals surface area contributed by atoms with Crippen molar-refractivity contribution in [2.45, 2.75) is 31.7 Å². The van der Waals surface area contributed by atoms with Crippen LogP contribution in [-0.2, 0) is 0 Å². The maximum Gasteiger partial charge on any atom is 0.00967 e. The largest absolute Gasteiger partial charge is 0.327 e. The van der Waals surface area contributed by atoms with E-state index in [9.17, 15) is 0 Å². The van der Waals surface area contributed by atoms with Crippen molar-refractivity contribution in [2.75, 3.05) is 19.3 Å². The maximum atomic E-state index is 6.05. The minimum Gasteiger partial charge on any atom is -0.327 e. The monoisotopic (exact) mass is 186 g/mol. The van der Waals surface area contributed by atoms with Crippen LogP contribution < -0.4 is 5.73 Å². The molecular formula is C9H18N2S. The van der Waals surface area contributed by atoms with Crippen LogP contribution in [0, 0.1) is 5.41 Å². The first-order chi connectivity index (χ1) is 5.77. The van der Waals surface area contributed by atoms with Gasteiger partial charge >= 0.3 is 0 Å². The van der Waals surface area contributed by atoms with Gasteiger partial charge in [-0.2, -0.15) is 0 Å². The predicted molar refractivity (Wildman–Crippen MR) is 54.0 cm³/mol. The molecule has 3 heteroatoms. The summed E-state index contributed by atoms with van der Waals surface area (Å²) < 4.78 is 2.45. The third-order valence-corrected chi connectivity index (χ3v) is 4.60. The molecule has 0 bridgehead atoms. The van der Waals surface area contributed by atoms with Gasteiger partial charge in [0.05, 0.1) is 0 Å². The van der Waals surface area contributed by atoms with Gasteiger partial charge in [-0.25, -0.2) is 0 Å². The Labute approximate surface area is 79.0 Å². The SMILES string of the molecule is CSN1CCC2(CC[C@H]2N)CC1. The average Bonchev–Trinajstić information content (AvgIpc) is 2.16. The molecule has 0 unspecified atom stereocenters. The normalized spacial score (nSPS) is 35.0. The highest BCUT2D eigenvalue weighted by molar-refractivity contribution is 7.96. The van der Waals surface area contributed by atoms with Crippen molar-refractivity contribution < 1.29 is 0 Å². The van der Waals surface area contributed by atoms with Gasteiger partial charge in [0.25, 0.3) is 0 Å². The van der Waals surface area contributed by atoms with Crippen molar-refractivity contribution in [3.63, 3.8) is 0 Å². The van der Waals surface area contributed by atoms with E-state index in [2.05, 4.69) is 10.6 Å². The highest BCUT2D eigenvalue weighted by Crippen LogP contribution is 2.48. The lowest BCUT2D eigenvalue weighted by atomic mass is 9.60. The van der Waals surface area contributed by atoms with Crippen LogP contribution in [0.5, 0.6) is 0 Å². The topological polar surface area (TPSA) is 29.3 Å². The molecule has 0 aromatic rings. The molecular weight excluding hydrogens is 168 g/mol. The van der Waals surface area contributed by atoms with E-state index in [1.165, 1.54) is 38.8 Å². The van der Waals surface area contributed by atoms with Gasteiger partial charge in [-0.1, -0.05) is 11.9 Å². The summed E-state index contributed by atoms with van der Waals surface area (Å²) in [6, 6.07) is 0.515. The van der Waals surface area contributed by atoms with E-state index >= 15 is 0 Å². The van der Waals surface area contributed by atoms with Gasteiger partial charge in [0.2, 0.25) is 0 Å². The fourth-order valence-electron chi connectivity index (χ4n) is 2.45. The van der Waals surface area contributed by atoms with Gasteiger partial charge in [0, 0.05) is 19.1 Å². The van der Waals surface area contributed by atoms with Crippen molar-refractivity contribution in [1.29, 1.82) is 0 Å². The molecule has 1 atom stereocenters. The highest BCUT2D eigenvalue weighted by atomic mass is 32.2. The van der Waals surface area contributed by atoms with Crippen LogP contribution in [0.15, 0.2) is 0 Å². The number of piperidine rings is 1. The first kappa shape index (κ1) is 8.85. The Morgan fingerprint density at radius 1 is 1.33 bits per heavy atom. The molecule has 0 amide bonds. The smallest absolute Gasteiger partial charge is 0.00967 e. The Bertz CT molecular complexity index is 164. The highest BCUT2D eigenvalue weighted by Gasteiger charge is 2.45. The summed E-state index contributed by atoms with van der Waals surface area (Å²) in [5.74, 6) is 0. The van der Waals surface area contributed by atoms with Gasteiger partial charge in [-0.05, 0) is 37.4 Å². The van der Waals surface area contributed by atoms with Crippen LogP contribution in [-0.4, -0.2) is 29.7 Å². The molecule has 2 N–H and O–H groups in total. The first-order valence-corrected chi connectivity index (χ1v) is 6.00. The Balaban J connectivity index is 1.89. The van der Waals surface area contributed by atoms with Crippen molar-refractivity contribution in [2.24, 2.45) is 11.1 Å². The van der Waals surface area contributed by atoms with E-state index in [1.807, 2.05) is 11.9 Å². The molecule has 1 saturated heterocycles. The van der Waals surface area contributed by atoms with Crippen molar-refractivity contribution in [1.82, 2.24) is 4.31 Å². The summed E-state index contributed by atoms with van der Waals surface area (Å²) in [4.78, 5) is 0. The van der Waals surface area contributed by atoms with Crippen LogP contribution in [0.1, 0.15) is 25.7 Å². The predicted octanol–water partition coefficient (Wildman–Crippen LogP) is 1.47. The molecule has 1 aliphatic heterocycles. The Morgan fingerprint density at radius 3 is 2.33 bits per heavy atom. The second-order valence-corrected chi connectivity index (χ2v) is 5.00. The molecule has 1 spiro atoms. The Morgan fingerprint density at radius 2 is 2.00 bits per heavy atom. The molecule has 12 heavy (non-hydrogen) atoms. The van der Waals surface area contributed by atoms with E-state index in [0.29, 0.717) is 11.5 Å². The maximum absolute atomic E-state index is 6.05. The molecule has 1 aliphatic carbocycles. The summed E-state index contributed by atoms with van der Waals surface area (Å²) in [6.07, 6.45) is 7.47. The van der Waals surface area contributed by atoms with Crippen LogP contribution >= 0.6 is 11.9 Å². The van der Waals surface area contributed by atoms with Crippen LogP contribution in [0.25, 0.3) is 0 Å². The van der Waals surface area contributed by atoms with Gasteiger partial charge in [-0.15, -0.1) is 0 Å². The summed E-state index contributed by atoms with van der Waals surface area (Å²) in [7, 11) is 0. The number of hydrogen-bond donors (Lipinski definition) is 1. The van der Waals surface area contributed by atoms with Crippen LogP contribution in [0.3, 0.4) is 0 Å². The number of nitrogens with two attached hydrogens (primary N) is 1. The van der Waals surface area contributed by atoms with Crippen LogP contribution in [0.2, 0.25) is 0 Å². The van der Waals surface area contributed by atoms with E-state index in [0.717, 1.165) is 0 Å². The first-order valence-electron chi connectivity index (χ1n) is 4.81. The lowest BCUT2D eigenvalue weighted by Crippen LogP contribution is -2.55. The third kappa shape index (κ3) is 1.28. The van der Waals surface area contributed by atoms with Gasteiger partial charge in [0.1, 0.15) is 0 Å². The molecule has 0 aromatic heterocycles. The van der Waals surface area contributed by atoms with Crippen molar-refractivity contribution in [3.8, 4) is 0 Å². The zero-order valence-corrected chi connectivity index (χ0v) is 8.57. The zero-order valence-electron chi connectivity index (χ0n) is 7.75. The molecule has 1 heterocycles. The van der Waals surface area contributed by atoms with E-state index < -0.39 is 0 Å². The minimum absolute atomic E-state index is 0.515. The van der Waals surface area contributed by atoms with Crippen molar-refractivity contribution >= 4 is 11.9 Å². The second kappa shape index (κ2) is 3.20. The van der Waals surface area contributed by atoms with E-state index in [1.54, 1.807) is 0 Å². The van der Waals surface area contributed by atoms with Gasteiger partial charge in [-0.3, -0.25) is 4.31 Å². The number of hydrogen-bond acceptors (Lipinski definition) is 3. The summed E-state index contributed by atoms with van der Waals surface area (Å²) in [6.45, 7) is 2.49. The summed E-state index contributed by atoms with van der Waals surface area (Å²) >= 11 is 1.87. The molecule has 2 aliphatic rings. The quantitative estimate of drug-likeness (QED) is 0.629. The minimum atomic E-state index is 0.515. The van der Waals surface area contributed by atoms with Crippen molar-refractivity contribution in [3.05, 3.63) is 0 Å².